The SMILES string of the molecule is CCOC1=C(C(=O)OC(C)C)[C@@H](c2cn(S(=O)(=O)c3ccc(C)cc3)c3ccccc23)OC1(C)C.CCOC1=C(C(=O)OC(C)C)[C@@H](c2cn(S(=O)(=O)c3ccc(C)cc3)c3ccccc23)OC1(C)C.CCOC1=C(C(=O)OC(C)C)[C@@H](c2cn(S(=O)(=O)c3ccc(C)cc3)c3ccccc23)OC1(C)C.CCOC1=C(C(=O)OC(C)C)[C@@H](c2cn(S(=O)(=O)c3ccc(C)cc3)c3ccccc23)OC1(C)C. The van der Waals surface area contributed by atoms with Crippen LogP contribution in [0.1, 0.15) is 207 Å². The van der Waals surface area contributed by atoms with Gasteiger partial charge in [0.2, 0.25) is 0 Å². The van der Waals surface area contributed by atoms with E-state index in [1.807, 2.05) is 159 Å². The van der Waals surface area contributed by atoms with Crippen LogP contribution in [0, 0.1) is 27.7 Å². The summed E-state index contributed by atoms with van der Waals surface area (Å²) >= 11 is 0. The van der Waals surface area contributed by atoms with Crippen LogP contribution in [-0.4, -0.2) is 147 Å². The Morgan fingerprint density at radius 3 is 0.600 bits per heavy atom. The number of carbonyl (C=O) groups excluding carboxylic acids is 4. The van der Waals surface area contributed by atoms with Crippen molar-refractivity contribution in [3.63, 3.8) is 0 Å². The van der Waals surface area contributed by atoms with Crippen molar-refractivity contribution < 1.29 is 110 Å². The van der Waals surface area contributed by atoms with Crippen molar-refractivity contribution in [1.29, 1.82) is 0 Å². The molecular formula is C108H124N4O24S4. The van der Waals surface area contributed by atoms with E-state index in [2.05, 4.69) is 0 Å². The molecule has 0 unspecified atom stereocenters. The number of rotatable bonds is 28. The molecule has 0 saturated heterocycles. The smallest absolute Gasteiger partial charge is 0.340 e. The van der Waals surface area contributed by atoms with Gasteiger partial charge in [0.25, 0.3) is 40.1 Å². The van der Waals surface area contributed by atoms with Crippen LogP contribution in [0.2, 0.25) is 0 Å². The first kappa shape index (κ1) is 105. The number of aryl methyl sites for hydroxylation is 4. The highest BCUT2D eigenvalue weighted by molar-refractivity contribution is 7.91. The van der Waals surface area contributed by atoms with Crippen LogP contribution in [0.25, 0.3) is 43.6 Å². The Morgan fingerprint density at radius 1 is 0.279 bits per heavy atom. The summed E-state index contributed by atoms with van der Waals surface area (Å²) in [7, 11) is -15.6. The summed E-state index contributed by atoms with van der Waals surface area (Å²) in [6.45, 7) is 45.1. The first-order chi connectivity index (χ1) is 65.9. The predicted octanol–water partition coefficient (Wildman–Crippen LogP) is 21.1. The lowest BCUT2D eigenvalue weighted by Gasteiger charge is -2.23. The maximum absolute atomic E-state index is 13.6. The Kier molecular flexibility index (Phi) is 31.0. The Morgan fingerprint density at radius 2 is 0.443 bits per heavy atom. The average Bonchev–Trinajstić information content (AvgIpc) is 1.59. The van der Waals surface area contributed by atoms with Gasteiger partial charge in [-0.2, -0.15) is 0 Å². The predicted molar refractivity (Wildman–Crippen MR) is 534 cm³/mol. The molecule has 16 rings (SSSR count). The second-order valence-electron chi connectivity index (χ2n) is 37.4. The van der Waals surface area contributed by atoms with Crippen molar-refractivity contribution in [3.8, 4) is 0 Å². The normalized spacial score (nSPS) is 17.9. The van der Waals surface area contributed by atoms with Gasteiger partial charge in [0.05, 0.1) is 92.5 Å². The highest BCUT2D eigenvalue weighted by Crippen LogP contribution is 2.53. The highest BCUT2D eigenvalue weighted by atomic mass is 32.2. The maximum Gasteiger partial charge on any atom is 0.340 e. The molecule has 140 heavy (non-hydrogen) atoms. The third-order valence-electron chi connectivity index (χ3n) is 23.5. The Hall–Kier alpha value is -12.4. The molecule has 0 radical (unpaired) electrons. The van der Waals surface area contributed by atoms with E-state index in [0.29, 0.717) is 115 Å². The van der Waals surface area contributed by atoms with Crippen LogP contribution in [-0.2, 0) is 116 Å². The molecule has 8 aromatic carbocycles. The van der Waals surface area contributed by atoms with Gasteiger partial charge in [-0.05, 0) is 239 Å². The van der Waals surface area contributed by atoms with E-state index in [0.717, 1.165) is 22.3 Å². The van der Waals surface area contributed by atoms with E-state index < -0.39 is 111 Å². The van der Waals surface area contributed by atoms with E-state index in [1.165, 1.54) is 40.7 Å². The number of fused-ring (bicyclic) bond motifs is 4. The molecule has 8 heterocycles. The van der Waals surface area contributed by atoms with Gasteiger partial charge in [-0.15, -0.1) is 0 Å². The summed E-state index contributed by atoms with van der Waals surface area (Å²) in [4.78, 5) is 53.7. The lowest BCUT2D eigenvalue weighted by Crippen LogP contribution is -2.24. The molecule has 4 aliphatic rings. The number of hydrogen-bond donors (Lipinski definition) is 0. The third kappa shape index (κ3) is 21.2. The van der Waals surface area contributed by atoms with Crippen molar-refractivity contribution >= 4 is 108 Å². The van der Waals surface area contributed by atoms with E-state index in [9.17, 15) is 52.8 Å². The average molecular weight is 1990 g/mol. The van der Waals surface area contributed by atoms with Gasteiger partial charge >= 0.3 is 23.9 Å². The minimum Gasteiger partial charge on any atom is -0.494 e. The molecule has 0 bridgehead atoms. The topological polar surface area (TPSA) is 335 Å². The third-order valence-corrected chi connectivity index (χ3v) is 30.3. The van der Waals surface area contributed by atoms with Crippen LogP contribution in [0.15, 0.2) is 284 Å². The number of para-hydroxylation sites is 4. The molecular weight excluding hydrogens is 1870 g/mol. The Balaban J connectivity index is 0.000000157. The summed E-state index contributed by atoms with van der Waals surface area (Å²) < 4.78 is 185. The number of aromatic nitrogens is 4. The summed E-state index contributed by atoms with van der Waals surface area (Å²) in [5.74, 6) is -0.588. The number of ether oxygens (including phenoxy) is 12. The molecule has 0 saturated carbocycles. The van der Waals surface area contributed by atoms with Crippen molar-refractivity contribution in [3.05, 3.63) is 309 Å². The second kappa shape index (κ2) is 41.4. The summed E-state index contributed by atoms with van der Waals surface area (Å²) in [6, 6.07) is 55.5. The minimum atomic E-state index is -3.90. The first-order valence-electron chi connectivity index (χ1n) is 46.6. The van der Waals surface area contributed by atoms with Crippen LogP contribution in [0.3, 0.4) is 0 Å². The van der Waals surface area contributed by atoms with E-state index >= 15 is 0 Å². The van der Waals surface area contributed by atoms with Crippen molar-refractivity contribution in [2.75, 3.05) is 26.4 Å². The molecule has 4 atom stereocenters. The molecule has 4 aromatic heterocycles. The molecule has 12 aromatic rings. The first-order valence-corrected chi connectivity index (χ1v) is 52.4. The molecule has 744 valence electrons. The van der Waals surface area contributed by atoms with Gasteiger partial charge in [0.1, 0.15) is 92.1 Å². The van der Waals surface area contributed by atoms with Crippen LogP contribution in [0.5, 0.6) is 0 Å². The lowest BCUT2D eigenvalue weighted by molar-refractivity contribution is -0.145. The summed E-state index contributed by atoms with van der Waals surface area (Å²) in [6.07, 6.45) is 1.34. The van der Waals surface area contributed by atoms with Crippen LogP contribution in [0.4, 0.5) is 0 Å². The summed E-state index contributed by atoms with van der Waals surface area (Å²) in [5.41, 5.74) is 5.38. The fourth-order valence-corrected chi connectivity index (χ4v) is 22.9. The molecule has 4 aliphatic heterocycles. The molecule has 0 aliphatic carbocycles. The van der Waals surface area contributed by atoms with Crippen molar-refractivity contribution in [1.82, 2.24) is 15.9 Å². The number of nitrogens with zero attached hydrogens (tertiary/aromatic N) is 4. The Labute approximate surface area is 819 Å². The molecule has 0 fully saturated rings. The monoisotopic (exact) mass is 1990 g/mol. The number of benzene rings is 8. The van der Waals surface area contributed by atoms with Gasteiger partial charge in [-0.25, -0.2) is 68.7 Å². The van der Waals surface area contributed by atoms with E-state index in [4.69, 9.17) is 56.8 Å². The highest BCUT2D eigenvalue weighted by Gasteiger charge is 2.53. The zero-order valence-corrected chi connectivity index (χ0v) is 86.7. The molecule has 32 heteroatoms. The summed E-state index contributed by atoms with van der Waals surface area (Å²) in [5, 5.41) is 2.65. The number of carbonyl (C=O) groups is 4. The van der Waals surface area contributed by atoms with Crippen LogP contribution < -0.4 is 0 Å². The van der Waals surface area contributed by atoms with Gasteiger partial charge < -0.3 is 56.8 Å². The van der Waals surface area contributed by atoms with Gasteiger partial charge in [-0.1, -0.05) is 144 Å². The number of hydrogen-bond acceptors (Lipinski definition) is 24. The van der Waals surface area contributed by atoms with Crippen LogP contribution >= 0.6 is 0 Å². The lowest BCUT2D eigenvalue weighted by atomic mass is 9.99. The zero-order chi connectivity index (χ0) is 102. The Bertz CT molecular complexity index is 6460. The molecule has 0 amide bonds. The second-order valence-corrected chi connectivity index (χ2v) is 44.7. The maximum atomic E-state index is 13.6. The standard InChI is InChI=1S/4C27H31NO6S/c4*1-7-32-25-23(26(29)33-17(2)3)24(34-27(25,5)6)21-16-28(22-11-9-8-10-20(21)22)35(30,31)19-14-12-18(4)13-15-19/h4*8-17,24H,7H2,1-6H3/t4*24-/m1111/s1. The van der Waals surface area contributed by atoms with E-state index in [-0.39, 0.29) is 66.3 Å². The number of esters is 4. The van der Waals surface area contributed by atoms with Gasteiger partial charge in [0.15, 0.2) is 0 Å². The minimum absolute atomic E-state index is 0.174. The molecule has 0 spiro atoms. The molecule has 0 N–H and O–H groups in total. The molecule has 28 nitrogen and oxygen atoms in total. The largest absolute Gasteiger partial charge is 0.494 e. The zero-order valence-electron chi connectivity index (χ0n) is 83.5. The van der Waals surface area contributed by atoms with Crippen molar-refractivity contribution in [2.45, 2.75) is 257 Å². The van der Waals surface area contributed by atoms with Gasteiger partial charge in [-0.3, -0.25) is 0 Å². The van der Waals surface area contributed by atoms with E-state index in [1.54, 1.807) is 201 Å². The van der Waals surface area contributed by atoms with Gasteiger partial charge in [0, 0.05) is 68.6 Å². The fraction of sp³-hybridized carbons (Fsp3) is 0.370. The van der Waals surface area contributed by atoms with Crippen molar-refractivity contribution in [2.24, 2.45) is 0 Å². The fourth-order valence-electron chi connectivity index (χ4n) is 17.4. The quantitative estimate of drug-likeness (QED) is 0.0325.